The van der Waals surface area contributed by atoms with Gasteiger partial charge < -0.3 is 10.3 Å². The number of fused-ring (bicyclic) bond motifs is 2. The first-order chi connectivity index (χ1) is 10.7. The fraction of sp³-hybridized carbons (Fsp3) is 0. The molecule has 0 spiro atoms. The number of nitrogens with one attached hydrogen (secondary N) is 2. The average Bonchev–Trinajstić information content (AvgIpc) is 3.13. The van der Waals surface area contributed by atoms with E-state index in [9.17, 15) is 4.79 Å². The van der Waals surface area contributed by atoms with E-state index in [-0.39, 0.29) is 5.91 Å². The minimum atomic E-state index is -0.250. The summed E-state index contributed by atoms with van der Waals surface area (Å²) in [4.78, 5) is 23.9. The first-order valence-corrected chi connectivity index (χ1v) is 7.24. The molecular weight excluding hydrogens is 348 g/mol. The quantitative estimate of drug-likeness (QED) is 0.577. The van der Waals surface area contributed by atoms with Crippen molar-refractivity contribution in [2.24, 2.45) is 0 Å². The number of amides is 1. The van der Waals surface area contributed by atoms with Gasteiger partial charge in [-0.25, -0.2) is 14.5 Å². The molecule has 0 bridgehead atoms. The van der Waals surface area contributed by atoms with E-state index >= 15 is 0 Å². The summed E-state index contributed by atoms with van der Waals surface area (Å²) in [6, 6.07) is 3.57. The molecule has 4 aromatic rings. The Labute approximate surface area is 132 Å². The fourth-order valence-corrected chi connectivity index (χ4v) is 2.82. The third-order valence-corrected chi connectivity index (χ3v) is 3.96. The molecule has 22 heavy (non-hydrogen) atoms. The standard InChI is InChI=1S/C14H9BrN6O/c15-9-2-4-16-12-11(9)8(6-18-12)14(22)20-10-7-19-21-5-1-3-17-13(10)21/h1-7H,(H,16,18)(H,20,22). The molecule has 0 atom stereocenters. The lowest BCUT2D eigenvalue weighted by Gasteiger charge is -2.02. The predicted molar refractivity (Wildman–Crippen MR) is 84.7 cm³/mol. The highest BCUT2D eigenvalue weighted by Gasteiger charge is 2.17. The van der Waals surface area contributed by atoms with E-state index < -0.39 is 0 Å². The predicted octanol–water partition coefficient (Wildman–Crippen LogP) is 2.62. The van der Waals surface area contributed by atoms with Crippen molar-refractivity contribution >= 4 is 44.2 Å². The van der Waals surface area contributed by atoms with E-state index in [2.05, 4.69) is 41.3 Å². The Kier molecular flexibility index (Phi) is 2.90. The van der Waals surface area contributed by atoms with Crippen molar-refractivity contribution < 1.29 is 4.79 Å². The van der Waals surface area contributed by atoms with Gasteiger partial charge in [-0.05, 0) is 28.1 Å². The van der Waals surface area contributed by atoms with Crippen LogP contribution < -0.4 is 5.32 Å². The Hall–Kier alpha value is -2.74. The molecule has 0 saturated carbocycles. The molecule has 8 heteroatoms. The molecule has 4 aromatic heterocycles. The van der Waals surface area contributed by atoms with Crippen LogP contribution in [-0.2, 0) is 0 Å². The summed E-state index contributed by atoms with van der Waals surface area (Å²) in [5.74, 6) is -0.250. The Bertz CT molecular complexity index is 1000. The highest BCUT2D eigenvalue weighted by atomic mass is 79.9. The highest BCUT2D eigenvalue weighted by Crippen LogP contribution is 2.26. The summed E-state index contributed by atoms with van der Waals surface area (Å²) in [5, 5.41) is 7.72. The molecule has 2 N–H and O–H groups in total. The van der Waals surface area contributed by atoms with Crippen LogP contribution in [0, 0.1) is 0 Å². The van der Waals surface area contributed by atoms with Crippen LogP contribution in [0.5, 0.6) is 0 Å². The van der Waals surface area contributed by atoms with Crippen LogP contribution >= 0.6 is 15.9 Å². The second-order valence-corrected chi connectivity index (χ2v) is 5.47. The van der Waals surface area contributed by atoms with Gasteiger partial charge in [-0.15, -0.1) is 0 Å². The molecule has 108 valence electrons. The molecule has 0 aliphatic heterocycles. The van der Waals surface area contributed by atoms with Crippen molar-refractivity contribution in [3.8, 4) is 0 Å². The van der Waals surface area contributed by atoms with Crippen molar-refractivity contribution in [3.05, 3.63) is 53.2 Å². The SMILES string of the molecule is O=C(Nc1cnn2cccnc12)c1c[nH]c2nccc(Br)c12. The van der Waals surface area contributed by atoms with Crippen LogP contribution in [-0.4, -0.2) is 30.5 Å². The molecular formula is C14H9BrN6O. The van der Waals surface area contributed by atoms with Crippen molar-refractivity contribution in [3.63, 3.8) is 0 Å². The van der Waals surface area contributed by atoms with Crippen LogP contribution in [0.2, 0.25) is 0 Å². The molecule has 1 amide bonds. The molecule has 0 saturated heterocycles. The van der Waals surface area contributed by atoms with Gasteiger partial charge in [-0.2, -0.15) is 5.10 Å². The minimum Gasteiger partial charge on any atom is -0.345 e. The Morgan fingerprint density at radius 3 is 3.14 bits per heavy atom. The maximum absolute atomic E-state index is 12.5. The Morgan fingerprint density at radius 1 is 1.32 bits per heavy atom. The second-order valence-electron chi connectivity index (χ2n) is 4.62. The van der Waals surface area contributed by atoms with E-state index in [1.807, 2.05) is 0 Å². The van der Waals surface area contributed by atoms with Gasteiger partial charge in [0.05, 0.1) is 11.8 Å². The number of anilines is 1. The number of rotatable bonds is 2. The molecule has 0 radical (unpaired) electrons. The smallest absolute Gasteiger partial charge is 0.258 e. The van der Waals surface area contributed by atoms with E-state index in [1.54, 1.807) is 47.6 Å². The average molecular weight is 357 g/mol. The number of carbonyl (C=O) groups is 1. The van der Waals surface area contributed by atoms with Crippen LogP contribution in [0.15, 0.2) is 47.6 Å². The number of hydrogen-bond acceptors (Lipinski definition) is 4. The maximum atomic E-state index is 12.5. The Balaban J connectivity index is 1.75. The summed E-state index contributed by atoms with van der Waals surface area (Å²) in [6.07, 6.45) is 8.29. The molecule has 0 fully saturated rings. The lowest BCUT2D eigenvalue weighted by molar-refractivity contribution is 0.102. The van der Waals surface area contributed by atoms with Gasteiger partial charge in [-0.1, -0.05) is 0 Å². The normalized spacial score (nSPS) is 11.1. The molecule has 0 aromatic carbocycles. The molecule has 0 aliphatic carbocycles. The molecule has 4 rings (SSSR count). The van der Waals surface area contributed by atoms with Gasteiger partial charge in [-0.3, -0.25) is 4.79 Å². The van der Waals surface area contributed by atoms with Crippen molar-refractivity contribution in [1.29, 1.82) is 0 Å². The Morgan fingerprint density at radius 2 is 2.23 bits per heavy atom. The van der Waals surface area contributed by atoms with Crippen LogP contribution in [0.3, 0.4) is 0 Å². The number of carbonyl (C=O) groups excluding carboxylic acids is 1. The zero-order chi connectivity index (χ0) is 15.1. The highest BCUT2D eigenvalue weighted by molar-refractivity contribution is 9.10. The summed E-state index contributed by atoms with van der Waals surface area (Å²) in [5.41, 5.74) is 2.30. The topological polar surface area (TPSA) is 88.0 Å². The fourth-order valence-electron chi connectivity index (χ4n) is 2.30. The van der Waals surface area contributed by atoms with Crippen molar-refractivity contribution in [2.75, 3.05) is 5.32 Å². The van der Waals surface area contributed by atoms with Gasteiger partial charge in [0.15, 0.2) is 5.65 Å². The van der Waals surface area contributed by atoms with Gasteiger partial charge >= 0.3 is 0 Å². The maximum Gasteiger partial charge on any atom is 0.258 e. The number of halogens is 1. The van der Waals surface area contributed by atoms with Gasteiger partial charge in [0, 0.05) is 34.6 Å². The van der Waals surface area contributed by atoms with Crippen LogP contribution in [0.4, 0.5) is 5.69 Å². The van der Waals surface area contributed by atoms with Crippen LogP contribution in [0.1, 0.15) is 10.4 Å². The summed E-state index contributed by atoms with van der Waals surface area (Å²) >= 11 is 3.44. The number of pyridine rings is 1. The first-order valence-electron chi connectivity index (χ1n) is 6.45. The van der Waals surface area contributed by atoms with Gasteiger partial charge in [0.25, 0.3) is 5.91 Å². The molecule has 0 unspecified atom stereocenters. The first kappa shape index (κ1) is 13.0. The lowest BCUT2D eigenvalue weighted by atomic mass is 10.2. The number of nitrogens with zero attached hydrogens (tertiary/aromatic N) is 4. The van der Waals surface area contributed by atoms with Crippen LogP contribution in [0.25, 0.3) is 16.7 Å². The number of aromatic amines is 1. The summed E-state index contributed by atoms with van der Waals surface area (Å²) in [6.45, 7) is 0. The van der Waals surface area contributed by atoms with E-state index in [4.69, 9.17) is 0 Å². The monoisotopic (exact) mass is 356 g/mol. The van der Waals surface area contributed by atoms with Gasteiger partial charge in [0.1, 0.15) is 11.3 Å². The number of H-pyrrole nitrogens is 1. The summed E-state index contributed by atoms with van der Waals surface area (Å²) < 4.78 is 2.41. The van der Waals surface area contributed by atoms with E-state index in [0.717, 1.165) is 9.86 Å². The largest absolute Gasteiger partial charge is 0.345 e. The second kappa shape index (κ2) is 4.92. The zero-order valence-corrected chi connectivity index (χ0v) is 12.7. The third kappa shape index (κ3) is 1.96. The van der Waals surface area contributed by atoms with Crippen molar-refractivity contribution in [2.45, 2.75) is 0 Å². The summed E-state index contributed by atoms with van der Waals surface area (Å²) in [7, 11) is 0. The number of hydrogen-bond donors (Lipinski definition) is 2. The third-order valence-electron chi connectivity index (χ3n) is 3.29. The lowest BCUT2D eigenvalue weighted by Crippen LogP contribution is -2.11. The zero-order valence-electron chi connectivity index (χ0n) is 11.1. The van der Waals surface area contributed by atoms with E-state index in [0.29, 0.717) is 22.5 Å². The molecule has 7 nitrogen and oxygen atoms in total. The van der Waals surface area contributed by atoms with Gasteiger partial charge in [0.2, 0.25) is 0 Å². The molecule has 4 heterocycles. The molecule has 0 aliphatic rings. The minimum absolute atomic E-state index is 0.250. The van der Waals surface area contributed by atoms with E-state index in [1.165, 1.54) is 0 Å². The van der Waals surface area contributed by atoms with Crippen molar-refractivity contribution in [1.82, 2.24) is 24.6 Å². The number of aromatic nitrogens is 5.